The Kier molecular flexibility index (Phi) is 5.16. The first-order chi connectivity index (χ1) is 14.1. The summed E-state index contributed by atoms with van der Waals surface area (Å²) in [4.78, 5) is 27.9. The van der Waals surface area contributed by atoms with Gasteiger partial charge in [-0.2, -0.15) is 5.10 Å². The lowest BCUT2D eigenvalue weighted by molar-refractivity contribution is -0.143. The van der Waals surface area contributed by atoms with Crippen LogP contribution in [0.1, 0.15) is 13.3 Å². The van der Waals surface area contributed by atoms with Gasteiger partial charge in [-0.1, -0.05) is 18.2 Å². The molecule has 7 nitrogen and oxygen atoms in total. The molecule has 1 aliphatic rings. The third-order valence-electron chi connectivity index (χ3n) is 4.90. The largest absolute Gasteiger partial charge is 0.465 e. The number of esters is 1. The third kappa shape index (κ3) is 3.53. The highest BCUT2D eigenvalue weighted by Crippen LogP contribution is 2.31. The Morgan fingerprint density at radius 2 is 1.93 bits per heavy atom. The summed E-state index contributed by atoms with van der Waals surface area (Å²) in [6.07, 6.45) is 2.36. The minimum absolute atomic E-state index is 0.0758. The Bertz CT molecular complexity index is 1070. The first-order valence-electron chi connectivity index (χ1n) is 9.54. The number of nitrogens with zero attached hydrogens (tertiary/aromatic N) is 4. The van der Waals surface area contributed by atoms with Gasteiger partial charge >= 0.3 is 12.0 Å². The third-order valence-corrected chi connectivity index (χ3v) is 4.90. The van der Waals surface area contributed by atoms with Gasteiger partial charge in [0.15, 0.2) is 0 Å². The summed E-state index contributed by atoms with van der Waals surface area (Å²) in [5, 5.41) is 5.09. The molecular formula is C21H21FN4O3. The molecule has 2 heterocycles. The van der Waals surface area contributed by atoms with Gasteiger partial charge < -0.3 is 9.64 Å². The number of aromatic nitrogens is 2. The van der Waals surface area contributed by atoms with Crippen molar-refractivity contribution in [3.05, 3.63) is 54.5 Å². The minimum atomic E-state index is -0.423. The van der Waals surface area contributed by atoms with E-state index in [1.165, 1.54) is 15.6 Å². The van der Waals surface area contributed by atoms with Gasteiger partial charge in [0.25, 0.3) is 0 Å². The van der Waals surface area contributed by atoms with Crippen molar-refractivity contribution in [3.63, 3.8) is 0 Å². The predicted molar refractivity (Wildman–Crippen MR) is 107 cm³/mol. The SMILES string of the molecule is CCOC(=O)CN1CCCN(c2cccc3c2cnn3-c2ccccc2F)C1=O. The standard InChI is InChI=1S/C21H21FN4O3/c1-2-29-20(27)14-24-11-6-12-25(21(24)28)17-9-5-10-18-15(17)13-23-26(18)19-8-4-3-7-16(19)22/h3-5,7-10,13H,2,6,11-12,14H2,1H3. The average Bonchev–Trinajstić information content (AvgIpc) is 3.14. The summed E-state index contributed by atoms with van der Waals surface area (Å²) >= 11 is 0. The Morgan fingerprint density at radius 1 is 1.14 bits per heavy atom. The number of benzene rings is 2. The maximum Gasteiger partial charge on any atom is 0.325 e. The molecule has 29 heavy (non-hydrogen) atoms. The van der Waals surface area contributed by atoms with Crippen LogP contribution in [0.15, 0.2) is 48.7 Å². The van der Waals surface area contributed by atoms with E-state index in [1.54, 1.807) is 36.2 Å². The molecule has 4 rings (SSSR count). The zero-order valence-corrected chi connectivity index (χ0v) is 16.0. The van der Waals surface area contributed by atoms with Crippen LogP contribution in [0.5, 0.6) is 0 Å². The van der Waals surface area contributed by atoms with Crippen molar-refractivity contribution < 1.29 is 18.7 Å². The van der Waals surface area contributed by atoms with Crippen LogP contribution >= 0.6 is 0 Å². The summed E-state index contributed by atoms with van der Waals surface area (Å²) in [5.41, 5.74) is 1.72. The van der Waals surface area contributed by atoms with E-state index in [0.29, 0.717) is 30.0 Å². The zero-order valence-electron chi connectivity index (χ0n) is 16.0. The number of anilines is 1. The minimum Gasteiger partial charge on any atom is -0.465 e. The smallest absolute Gasteiger partial charge is 0.325 e. The fraction of sp³-hybridized carbons (Fsp3) is 0.286. The highest BCUT2D eigenvalue weighted by atomic mass is 19.1. The van der Waals surface area contributed by atoms with Gasteiger partial charge in [0.2, 0.25) is 0 Å². The van der Waals surface area contributed by atoms with E-state index in [-0.39, 0.29) is 25.0 Å². The molecule has 0 N–H and O–H groups in total. The molecule has 1 aliphatic heterocycles. The van der Waals surface area contributed by atoms with Gasteiger partial charge in [0.05, 0.1) is 24.0 Å². The van der Waals surface area contributed by atoms with Gasteiger partial charge in [-0.25, -0.2) is 13.9 Å². The first-order valence-corrected chi connectivity index (χ1v) is 9.54. The van der Waals surface area contributed by atoms with Crippen LogP contribution in [0.3, 0.4) is 0 Å². The number of carbonyl (C=O) groups is 2. The van der Waals surface area contributed by atoms with Gasteiger partial charge in [-0.15, -0.1) is 0 Å². The summed E-state index contributed by atoms with van der Waals surface area (Å²) in [6.45, 7) is 2.96. The molecule has 0 spiro atoms. The molecule has 0 bridgehead atoms. The lowest BCUT2D eigenvalue weighted by Crippen LogP contribution is -2.51. The van der Waals surface area contributed by atoms with Crippen LogP contribution in [0.25, 0.3) is 16.6 Å². The van der Waals surface area contributed by atoms with Crippen LogP contribution in [0.2, 0.25) is 0 Å². The van der Waals surface area contributed by atoms with Gasteiger partial charge in [-0.05, 0) is 37.6 Å². The molecule has 0 radical (unpaired) electrons. The second-order valence-electron chi connectivity index (χ2n) is 6.73. The molecule has 2 amide bonds. The number of amides is 2. The number of rotatable bonds is 5. The number of hydrogen-bond donors (Lipinski definition) is 0. The van der Waals surface area contributed by atoms with E-state index in [1.807, 2.05) is 18.2 Å². The summed E-state index contributed by atoms with van der Waals surface area (Å²) in [6, 6.07) is 11.6. The number of halogens is 1. The Labute approximate surface area is 167 Å². The van der Waals surface area contributed by atoms with Gasteiger partial charge in [-0.3, -0.25) is 9.69 Å². The van der Waals surface area contributed by atoms with Crippen LogP contribution in [0.4, 0.5) is 14.9 Å². The molecule has 150 valence electrons. The number of ether oxygens (including phenoxy) is 1. The summed E-state index contributed by atoms with van der Waals surface area (Å²) < 4.78 is 20.8. The number of para-hydroxylation sites is 1. The van der Waals surface area contributed by atoms with E-state index in [2.05, 4.69) is 5.10 Å². The highest BCUT2D eigenvalue weighted by molar-refractivity contribution is 6.03. The zero-order chi connectivity index (χ0) is 20.4. The lowest BCUT2D eigenvalue weighted by Gasteiger charge is -2.35. The second kappa shape index (κ2) is 7.90. The maximum absolute atomic E-state index is 14.3. The van der Waals surface area contributed by atoms with Crippen molar-refractivity contribution in [1.82, 2.24) is 14.7 Å². The predicted octanol–water partition coefficient (Wildman–Crippen LogP) is 3.36. The molecular weight excluding hydrogens is 375 g/mol. The quantitative estimate of drug-likeness (QED) is 0.620. The molecule has 0 saturated carbocycles. The van der Waals surface area contributed by atoms with Gasteiger partial charge in [0, 0.05) is 18.5 Å². The number of fused-ring (bicyclic) bond motifs is 1. The fourth-order valence-corrected chi connectivity index (χ4v) is 3.60. The van der Waals surface area contributed by atoms with Crippen LogP contribution < -0.4 is 4.90 Å². The Hall–Kier alpha value is -3.42. The molecule has 3 aromatic rings. The van der Waals surface area contributed by atoms with Crippen molar-refractivity contribution in [2.24, 2.45) is 0 Å². The maximum atomic E-state index is 14.3. The highest BCUT2D eigenvalue weighted by Gasteiger charge is 2.30. The summed E-state index contributed by atoms with van der Waals surface area (Å²) in [7, 11) is 0. The fourth-order valence-electron chi connectivity index (χ4n) is 3.60. The first kappa shape index (κ1) is 18.9. The number of urea groups is 1. The van der Waals surface area contributed by atoms with E-state index >= 15 is 0 Å². The van der Waals surface area contributed by atoms with Crippen molar-refractivity contribution in [2.45, 2.75) is 13.3 Å². The summed E-state index contributed by atoms with van der Waals surface area (Å²) in [5.74, 6) is -0.800. The van der Waals surface area contributed by atoms with E-state index < -0.39 is 5.97 Å². The molecule has 0 atom stereocenters. The molecule has 2 aromatic carbocycles. The number of hydrogen-bond acceptors (Lipinski definition) is 4. The Morgan fingerprint density at radius 3 is 2.72 bits per heavy atom. The monoisotopic (exact) mass is 396 g/mol. The second-order valence-corrected chi connectivity index (χ2v) is 6.73. The molecule has 0 aliphatic carbocycles. The lowest BCUT2D eigenvalue weighted by atomic mass is 10.1. The van der Waals surface area contributed by atoms with Crippen LogP contribution in [-0.4, -0.2) is 52.9 Å². The molecule has 8 heteroatoms. The topological polar surface area (TPSA) is 67.7 Å². The van der Waals surface area contributed by atoms with E-state index in [0.717, 1.165) is 11.8 Å². The van der Waals surface area contributed by atoms with Crippen molar-refractivity contribution in [2.75, 3.05) is 31.1 Å². The normalized spacial score (nSPS) is 14.5. The molecule has 1 saturated heterocycles. The van der Waals surface area contributed by atoms with Crippen LogP contribution in [0, 0.1) is 5.82 Å². The van der Waals surface area contributed by atoms with Crippen LogP contribution in [-0.2, 0) is 9.53 Å². The number of carbonyl (C=O) groups excluding carboxylic acids is 2. The van der Waals surface area contributed by atoms with Crippen molar-refractivity contribution in [1.29, 1.82) is 0 Å². The molecule has 1 fully saturated rings. The van der Waals surface area contributed by atoms with E-state index in [9.17, 15) is 14.0 Å². The van der Waals surface area contributed by atoms with Crippen molar-refractivity contribution in [3.8, 4) is 5.69 Å². The average molecular weight is 396 g/mol. The molecule has 0 unspecified atom stereocenters. The van der Waals surface area contributed by atoms with E-state index in [4.69, 9.17) is 4.74 Å². The van der Waals surface area contributed by atoms with Gasteiger partial charge in [0.1, 0.15) is 18.0 Å². The Balaban J connectivity index is 1.68. The molecule has 1 aromatic heterocycles. The van der Waals surface area contributed by atoms with Crippen molar-refractivity contribution >= 4 is 28.6 Å².